The highest BCUT2D eigenvalue weighted by Gasteiger charge is 2.30. The molecule has 0 fully saturated rings. The normalized spacial score (nSPS) is 16.2. The number of carbonyl (C=O) groups excluding carboxylic acids is 1. The zero-order chi connectivity index (χ0) is 18.4. The Morgan fingerprint density at radius 1 is 1.27 bits per heavy atom. The van der Waals surface area contributed by atoms with Crippen molar-refractivity contribution in [3.05, 3.63) is 63.3 Å². The third-order valence-corrected chi connectivity index (χ3v) is 4.66. The summed E-state index contributed by atoms with van der Waals surface area (Å²) in [6, 6.07) is 7.92. The van der Waals surface area contributed by atoms with E-state index in [1.165, 1.54) is 4.57 Å². The first-order valence-corrected chi connectivity index (χ1v) is 8.82. The summed E-state index contributed by atoms with van der Waals surface area (Å²) >= 11 is 6.08. The zero-order valence-corrected chi connectivity index (χ0v) is 15.1. The number of carbonyl (C=O) groups is 1. The van der Waals surface area contributed by atoms with Crippen molar-refractivity contribution in [1.82, 2.24) is 19.9 Å². The van der Waals surface area contributed by atoms with Crippen LogP contribution in [0.5, 0.6) is 0 Å². The van der Waals surface area contributed by atoms with E-state index in [1.54, 1.807) is 36.5 Å². The summed E-state index contributed by atoms with van der Waals surface area (Å²) in [6.45, 7) is 4.12. The molecule has 26 heavy (non-hydrogen) atoms. The number of benzene rings is 1. The standard InChI is InChI=1S/C19H17ClN4O2/c1-10(2)8-15-17-22-14-9-11(20)5-6-12(14)19(26)24(17)16-13(18(25)23-15)4-3-7-21-16/h3-7,9-10,15H,8H2,1-2H3,(H,23,25). The first kappa shape index (κ1) is 16.7. The molecule has 1 aliphatic rings. The maximum absolute atomic E-state index is 13.2. The lowest BCUT2D eigenvalue weighted by Gasteiger charge is -2.20. The molecular weight excluding hydrogens is 352 g/mol. The fourth-order valence-corrected chi connectivity index (χ4v) is 3.47. The van der Waals surface area contributed by atoms with Crippen molar-refractivity contribution in [3.8, 4) is 5.82 Å². The highest BCUT2D eigenvalue weighted by atomic mass is 35.5. The van der Waals surface area contributed by atoms with Crippen LogP contribution in [0.4, 0.5) is 0 Å². The van der Waals surface area contributed by atoms with Crippen LogP contribution in [0.15, 0.2) is 41.3 Å². The van der Waals surface area contributed by atoms with Crippen LogP contribution in [0.3, 0.4) is 0 Å². The molecule has 0 aliphatic carbocycles. The number of amides is 1. The molecule has 1 atom stereocenters. The van der Waals surface area contributed by atoms with E-state index in [0.29, 0.717) is 45.5 Å². The zero-order valence-electron chi connectivity index (χ0n) is 14.4. The van der Waals surface area contributed by atoms with Crippen LogP contribution in [0, 0.1) is 5.92 Å². The maximum atomic E-state index is 13.2. The Bertz CT molecular complexity index is 1090. The Hall–Kier alpha value is -2.73. The first-order chi connectivity index (χ1) is 12.5. The number of hydrogen-bond acceptors (Lipinski definition) is 4. The SMILES string of the molecule is CC(C)CC1NC(=O)c2cccnc2-n2c1nc1cc(Cl)ccc1c2=O. The predicted molar refractivity (Wildman–Crippen MR) is 99.8 cm³/mol. The third-order valence-electron chi connectivity index (χ3n) is 4.42. The molecule has 1 unspecified atom stereocenters. The summed E-state index contributed by atoms with van der Waals surface area (Å²) in [5, 5.41) is 3.94. The Kier molecular flexibility index (Phi) is 4.00. The predicted octanol–water partition coefficient (Wildman–Crippen LogP) is 3.26. The Morgan fingerprint density at radius 2 is 2.08 bits per heavy atom. The van der Waals surface area contributed by atoms with E-state index in [1.807, 2.05) is 0 Å². The van der Waals surface area contributed by atoms with Crippen LogP contribution >= 0.6 is 11.6 Å². The van der Waals surface area contributed by atoms with Gasteiger partial charge in [0.2, 0.25) is 0 Å². The lowest BCUT2D eigenvalue weighted by Crippen LogP contribution is -2.31. The molecule has 1 aromatic carbocycles. The van der Waals surface area contributed by atoms with E-state index in [4.69, 9.17) is 11.6 Å². The van der Waals surface area contributed by atoms with E-state index in [9.17, 15) is 9.59 Å². The molecule has 1 amide bonds. The highest BCUT2D eigenvalue weighted by molar-refractivity contribution is 6.31. The van der Waals surface area contributed by atoms with Crippen molar-refractivity contribution < 1.29 is 4.79 Å². The van der Waals surface area contributed by atoms with Crippen LogP contribution < -0.4 is 10.9 Å². The Balaban J connectivity index is 2.10. The molecule has 1 aliphatic heterocycles. The molecule has 7 heteroatoms. The van der Waals surface area contributed by atoms with E-state index in [-0.39, 0.29) is 11.5 Å². The van der Waals surface area contributed by atoms with Gasteiger partial charge < -0.3 is 5.32 Å². The average molecular weight is 369 g/mol. The largest absolute Gasteiger partial charge is 0.342 e. The van der Waals surface area contributed by atoms with Gasteiger partial charge in [-0.1, -0.05) is 25.4 Å². The second-order valence-electron chi connectivity index (χ2n) is 6.80. The Morgan fingerprint density at radius 3 is 2.85 bits per heavy atom. The molecule has 132 valence electrons. The molecule has 3 aromatic rings. The topological polar surface area (TPSA) is 76.9 Å². The second-order valence-corrected chi connectivity index (χ2v) is 7.24. The third kappa shape index (κ3) is 2.66. The van der Waals surface area contributed by atoms with Crippen molar-refractivity contribution in [2.75, 3.05) is 0 Å². The molecule has 4 rings (SSSR count). The van der Waals surface area contributed by atoms with Gasteiger partial charge in [-0.2, -0.15) is 0 Å². The van der Waals surface area contributed by atoms with Gasteiger partial charge in [0.1, 0.15) is 5.82 Å². The molecule has 0 radical (unpaired) electrons. The second kappa shape index (κ2) is 6.21. The van der Waals surface area contributed by atoms with Crippen LogP contribution in [0.1, 0.15) is 42.5 Å². The summed E-state index contributed by atoms with van der Waals surface area (Å²) in [7, 11) is 0. The number of nitrogens with one attached hydrogen (secondary N) is 1. The number of aromatic nitrogens is 3. The first-order valence-electron chi connectivity index (χ1n) is 8.44. The monoisotopic (exact) mass is 368 g/mol. The van der Waals surface area contributed by atoms with Gasteiger partial charge in [0, 0.05) is 11.2 Å². The van der Waals surface area contributed by atoms with E-state index in [0.717, 1.165) is 0 Å². The van der Waals surface area contributed by atoms with Gasteiger partial charge in [-0.15, -0.1) is 0 Å². The Labute approximate surface area is 154 Å². The van der Waals surface area contributed by atoms with Crippen molar-refractivity contribution in [2.45, 2.75) is 26.3 Å². The number of fused-ring (bicyclic) bond motifs is 4. The number of nitrogens with zero attached hydrogens (tertiary/aromatic N) is 3. The summed E-state index contributed by atoms with van der Waals surface area (Å²) < 4.78 is 1.45. The van der Waals surface area contributed by atoms with Gasteiger partial charge in [0.15, 0.2) is 5.82 Å². The molecule has 3 heterocycles. The minimum Gasteiger partial charge on any atom is -0.342 e. The van der Waals surface area contributed by atoms with Gasteiger partial charge in [0.05, 0.1) is 22.5 Å². The van der Waals surface area contributed by atoms with Crippen molar-refractivity contribution >= 4 is 28.4 Å². The van der Waals surface area contributed by atoms with E-state index in [2.05, 4.69) is 29.1 Å². The molecule has 0 saturated carbocycles. The van der Waals surface area contributed by atoms with Crippen LogP contribution in [-0.2, 0) is 0 Å². The molecule has 6 nitrogen and oxygen atoms in total. The van der Waals surface area contributed by atoms with Crippen LogP contribution in [0.25, 0.3) is 16.7 Å². The van der Waals surface area contributed by atoms with Crippen molar-refractivity contribution in [3.63, 3.8) is 0 Å². The molecule has 0 saturated heterocycles. The number of rotatable bonds is 2. The minimum atomic E-state index is -0.396. The van der Waals surface area contributed by atoms with Crippen LogP contribution in [0.2, 0.25) is 5.02 Å². The van der Waals surface area contributed by atoms with Gasteiger partial charge in [0.25, 0.3) is 11.5 Å². The van der Waals surface area contributed by atoms with Gasteiger partial charge in [-0.25, -0.2) is 14.5 Å². The molecule has 0 bridgehead atoms. The summed E-state index contributed by atoms with van der Waals surface area (Å²) in [6.07, 6.45) is 2.22. The lowest BCUT2D eigenvalue weighted by atomic mass is 10.0. The van der Waals surface area contributed by atoms with Crippen LogP contribution in [-0.4, -0.2) is 20.4 Å². The van der Waals surface area contributed by atoms with Gasteiger partial charge in [-0.05, 0) is 42.7 Å². The number of hydrogen-bond donors (Lipinski definition) is 1. The molecule has 0 spiro atoms. The molecule has 1 N–H and O–H groups in total. The molecular formula is C19H17ClN4O2. The summed E-state index contributed by atoms with van der Waals surface area (Å²) in [5.41, 5.74) is 0.611. The van der Waals surface area contributed by atoms with E-state index >= 15 is 0 Å². The highest BCUT2D eigenvalue weighted by Crippen LogP contribution is 2.27. The lowest BCUT2D eigenvalue weighted by molar-refractivity contribution is 0.0933. The van der Waals surface area contributed by atoms with Crippen molar-refractivity contribution in [2.24, 2.45) is 5.92 Å². The fraction of sp³-hybridized carbons (Fsp3) is 0.263. The van der Waals surface area contributed by atoms with Crippen molar-refractivity contribution in [1.29, 1.82) is 0 Å². The smallest absolute Gasteiger partial charge is 0.267 e. The fourth-order valence-electron chi connectivity index (χ4n) is 3.30. The number of halogens is 1. The maximum Gasteiger partial charge on any atom is 0.267 e. The minimum absolute atomic E-state index is 0.258. The summed E-state index contributed by atoms with van der Waals surface area (Å²) in [5.74, 6) is 0.825. The van der Waals surface area contributed by atoms with Gasteiger partial charge >= 0.3 is 0 Å². The average Bonchev–Trinajstić information content (AvgIpc) is 2.70. The molecule has 2 aromatic heterocycles. The van der Waals surface area contributed by atoms with Gasteiger partial charge in [-0.3, -0.25) is 9.59 Å². The summed E-state index contributed by atoms with van der Waals surface area (Å²) in [4.78, 5) is 34.9. The number of pyridine rings is 1. The van der Waals surface area contributed by atoms with E-state index < -0.39 is 6.04 Å². The quantitative estimate of drug-likeness (QED) is 0.753.